The van der Waals surface area contributed by atoms with E-state index in [1.807, 2.05) is 0 Å². The second-order valence-corrected chi connectivity index (χ2v) is 5.57. The third kappa shape index (κ3) is 3.90. The first-order valence-electron chi connectivity index (χ1n) is 7.40. The van der Waals surface area contributed by atoms with Crippen LogP contribution in [-0.2, 0) is 0 Å². The molecule has 0 aliphatic heterocycles. The lowest BCUT2D eigenvalue weighted by atomic mass is 10.2. The number of aromatic nitrogens is 2. The number of carbonyl (C=O) groups is 1. The van der Waals surface area contributed by atoms with E-state index in [0.29, 0.717) is 23.8 Å². The fraction of sp³-hybridized carbons (Fsp3) is 0.333. The van der Waals surface area contributed by atoms with Gasteiger partial charge in [-0.25, -0.2) is 4.68 Å². The summed E-state index contributed by atoms with van der Waals surface area (Å²) < 4.78 is 1.51. The summed E-state index contributed by atoms with van der Waals surface area (Å²) in [5.41, 5.74) is 6.63. The summed E-state index contributed by atoms with van der Waals surface area (Å²) in [6.45, 7) is 0.416. The monoisotopic (exact) mass is 351 g/mol. The maximum Gasteiger partial charge on any atom is 0.272 e. The van der Waals surface area contributed by atoms with Gasteiger partial charge in [0.15, 0.2) is 5.69 Å². The van der Waals surface area contributed by atoms with E-state index in [-0.39, 0.29) is 30.0 Å². The van der Waals surface area contributed by atoms with Crippen LogP contribution in [0.5, 0.6) is 0 Å². The Hall–Kier alpha value is -2.45. The zero-order valence-electron chi connectivity index (χ0n) is 12.8. The molecule has 1 unspecified atom stereocenters. The van der Waals surface area contributed by atoms with Gasteiger partial charge in [0.1, 0.15) is 0 Å². The summed E-state index contributed by atoms with van der Waals surface area (Å²) in [5.74, 6) is 0.216. The molecule has 3 N–H and O–H groups in total. The lowest BCUT2D eigenvalue weighted by molar-refractivity contribution is -0.384. The predicted octanol–water partition coefficient (Wildman–Crippen LogP) is 1.67. The Kier molecular flexibility index (Phi) is 5.53. The van der Waals surface area contributed by atoms with Gasteiger partial charge < -0.3 is 11.1 Å². The number of amides is 1. The topological polar surface area (TPSA) is 116 Å². The Labute approximate surface area is 144 Å². The highest BCUT2D eigenvalue weighted by Crippen LogP contribution is 2.32. The maximum absolute atomic E-state index is 12.2. The molecule has 8 nitrogen and oxygen atoms in total. The van der Waals surface area contributed by atoms with E-state index in [9.17, 15) is 14.9 Å². The van der Waals surface area contributed by atoms with Gasteiger partial charge >= 0.3 is 0 Å². The van der Waals surface area contributed by atoms with Crippen molar-refractivity contribution in [2.24, 2.45) is 11.7 Å². The normalized spacial score (nSPS) is 14.5. The smallest absolute Gasteiger partial charge is 0.272 e. The van der Waals surface area contributed by atoms with E-state index < -0.39 is 4.92 Å². The number of nitro groups is 1. The Morgan fingerprint density at radius 1 is 1.38 bits per heavy atom. The van der Waals surface area contributed by atoms with E-state index in [0.717, 1.165) is 12.8 Å². The highest BCUT2D eigenvalue weighted by atomic mass is 35.5. The molecule has 128 valence electrons. The average Bonchev–Trinajstić information content (AvgIpc) is 3.28. The van der Waals surface area contributed by atoms with Gasteiger partial charge in [-0.1, -0.05) is 0 Å². The van der Waals surface area contributed by atoms with Gasteiger partial charge in [-0.2, -0.15) is 5.10 Å². The van der Waals surface area contributed by atoms with Crippen LogP contribution in [0, 0.1) is 16.0 Å². The number of nitro benzene ring substituents is 1. The number of carbonyl (C=O) groups excluding carboxylic acids is 1. The van der Waals surface area contributed by atoms with Crippen LogP contribution in [0.1, 0.15) is 23.3 Å². The summed E-state index contributed by atoms with van der Waals surface area (Å²) in [4.78, 5) is 22.4. The molecule has 9 heteroatoms. The van der Waals surface area contributed by atoms with Gasteiger partial charge in [-0.3, -0.25) is 14.9 Å². The molecule has 1 aliphatic carbocycles. The largest absolute Gasteiger partial charge is 0.346 e. The molecule has 1 amide bonds. The molecule has 1 saturated carbocycles. The number of halogens is 1. The van der Waals surface area contributed by atoms with Gasteiger partial charge in [0.2, 0.25) is 0 Å². The number of hydrogen-bond acceptors (Lipinski definition) is 5. The summed E-state index contributed by atoms with van der Waals surface area (Å²) in [6.07, 6.45) is 3.84. The van der Waals surface area contributed by atoms with Crippen LogP contribution >= 0.6 is 12.4 Å². The van der Waals surface area contributed by atoms with Crippen molar-refractivity contribution in [2.45, 2.75) is 18.9 Å². The second-order valence-electron chi connectivity index (χ2n) is 5.57. The molecule has 1 aromatic carbocycles. The van der Waals surface area contributed by atoms with Crippen LogP contribution in [0.25, 0.3) is 5.69 Å². The van der Waals surface area contributed by atoms with Crippen LogP contribution in [0.15, 0.2) is 36.5 Å². The molecule has 24 heavy (non-hydrogen) atoms. The Bertz CT molecular complexity index is 727. The number of non-ortho nitro benzene ring substituents is 1. The molecule has 1 fully saturated rings. The van der Waals surface area contributed by atoms with Crippen LogP contribution in [0.2, 0.25) is 0 Å². The minimum Gasteiger partial charge on any atom is -0.346 e. The molecule has 0 radical (unpaired) electrons. The summed E-state index contributed by atoms with van der Waals surface area (Å²) in [5, 5.41) is 17.8. The van der Waals surface area contributed by atoms with Crippen LogP contribution in [0.3, 0.4) is 0 Å². The molecule has 1 aromatic heterocycles. The van der Waals surface area contributed by atoms with Gasteiger partial charge in [0.25, 0.3) is 11.6 Å². The van der Waals surface area contributed by atoms with E-state index in [1.54, 1.807) is 24.4 Å². The van der Waals surface area contributed by atoms with Gasteiger partial charge in [-0.05, 0) is 37.0 Å². The molecule has 0 spiro atoms. The minimum atomic E-state index is -0.462. The second kappa shape index (κ2) is 7.41. The SMILES string of the molecule is Cl.NCC(NC(=O)c1ccn(-c2ccc([N+](=O)[O-])cc2)n1)C1CC1. The summed E-state index contributed by atoms with van der Waals surface area (Å²) in [7, 11) is 0. The van der Waals surface area contributed by atoms with Crippen molar-refractivity contribution in [1.82, 2.24) is 15.1 Å². The van der Waals surface area contributed by atoms with Crippen LogP contribution in [0.4, 0.5) is 5.69 Å². The quantitative estimate of drug-likeness (QED) is 0.606. The van der Waals surface area contributed by atoms with Crippen molar-refractivity contribution in [3.05, 3.63) is 52.3 Å². The van der Waals surface area contributed by atoms with Crippen molar-refractivity contribution in [3.8, 4) is 5.69 Å². The van der Waals surface area contributed by atoms with Crippen molar-refractivity contribution in [3.63, 3.8) is 0 Å². The first-order valence-corrected chi connectivity index (χ1v) is 7.40. The standard InChI is InChI=1S/C15H17N5O3.ClH/c16-9-14(10-1-2-10)17-15(21)13-7-8-19(18-13)11-3-5-12(6-4-11)20(22)23;/h3-8,10,14H,1-2,9,16H2,(H,17,21);1H. The Morgan fingerprint density at radius 3 is 2.58 bits per heavy atom. The molecule has 1 atom stereocenters. The predicted molar refractivity (Wildman–Crippen MR) is 90.5 cm³/mol. The molecule has 1 heterocycles. The van der Waals surface area contributed by atoms with E-state index in [2.05, 4.69) is 10.4 Å². The highest BCUT2D eigenvalue weighted by Gasteiger charge is 2.31. The zero-order chi connectivity index (χ0) is 16.4. The van der Waals surface area contributed by atoms with Gasteiger partial charge in [-0.15, -0.1) is 12.4 Å². The maximum atomic E-state index is 12.2. The van der Waals surface area contributed by atoms with E-state index >= 15 is 0 Å². The summed E-state index contributed by atoms with van der Waals surface area (Å²) >= 11 is 0. The number of nitrogens with one attached hydrogen (secondary N) is 1. The average molecular weight is 352 g/mol. The molecule has 3 rings (SSSR count). The first-order chi connectivity index (χ1) is 11.1. The van der Waals surface area contributed by atoms with E-state index in [1.165, 1.54) is 16.8 Å². The zero-order valence-corrected chi connectivity index (χ0v) is 13.6. The number of hydrogen-bond donors (Lipinski definition) is 2. The fourth-order valence-electron chi connectivity index (χ4n) is 2.43. The fourth-order valence-corrected chi connectivity index (χ4v) is 2.43. The highest BCUT2D eigenvalue weighted by molar-refractivity contribution is 5.92. The molecule has 0 bridgehead atoms. The van der Waals surface area contributed by atoms with Crippen molar-refractivity contribution < 1.29 is 9.72 Å². The molecule has 1 aliphatic rings. The van der Waals surface area contributed by atoms with Crippen LogP contribution < -0.4 is 11.1 Å². The third-order valence-electron chi connectivity index (χ3n) is 3.91. The van der Waals surface area contributed by atoms with Crippen molar-refractivity contribution in [1.29, 1.82) is 0 Å². The number of benzene rings is 1. The molecular formula is C15H18ClN5O3. The third-order valence-corrected chi connectivity index (χ3v) is 3.91. The molecule has 0 saturated heterocycles. The van der Waals surface area contributed by atoms with Gasteiger partial charge in [0.05, 0.1) is 10.6 Å². The molecule has 2 aromatic rings. The van der Waals surface area contributed by atoms with Crippen molar-refractivity contribution in [2.75, 3.05) is 6.54 Å². The lowest BCUT2D eigenvalue weighted by Gasteiger charge is -2.14. The number of nitrogens with two attached hydrogens (primary N) is 1. The molecular weight excluding hydrogens is 334 g/mol. The lowest BCUT2D eigenvalue weighted by Crippen LogP contribution is -2.41. The Balaban J connectivity index is 0.00000208. The number of rotatable bonds is 6. The number of nitrogens with zero attached hydrogens (tertiary/aromatic N) is 3. The Morgan fingerprint density at radius 2 is 2.04 bits per heavy atom. The summed E-state index contributed by atoms with van der Waals surface area (Å²) in [6, 6.07) is 7.56. The van der Waals surface area contributed by atoms with Crippen LogP contribution in [-0.4, -0.2) is 33.2 Å². The van der Waals surface area contributed by atoms with Gasteiger partial charge in [0, 0.05) is 30.9 Å². The van der Waals surface area contributed by atoms with Crippen molar-refractivity contribution >= 4 is 24.0 Å². The van der Waals surface area contributed by atoms with E-state index in [4.69, 9.17) is 5.73 Å². The minimum absolute atomic E-state index is 0. The first kappa shape index (κ1) is 17.9.